The SMILES string of the molecule is O=C1C(c2ccc(O)cc2)=C(O)[C@H](O)[C@@H]1c1ccc(O)cc1. The van der Waals surface area contributed by atoms with Crippen LogP contribution in [-0.4, -0.2) is 32.3 Å². The maximum absolute atomic E-state index is 12.6. The molecular weight excluding hydrogens is 284 g/mol. The van der Waals surface area contributed by atoms with Crippen molar-refractivity contribution in [1.82, 2.24) is 0 Å². The molecule has 0 saturated heterocycles. The summed E-state index contributed by atoms with van der Waals surface area (Å²) in [6.45, 7) is 0. The van der Waals surface area contributed by atoms with Crippen LogP contribution in [0.3, 0.4) is 0 Å². The van der Waals surface area contributed by atoms with E-state index in [2.05, 4.69) is 0 Å². The number of hydrogen-bond donors (Lipinski definition) is 4. The molecule has 0 fully saturated rings. The zero-order chi connectivity index (χ0) is 15.9. The number of aliphatic hydroxyl groups excluding tert-OH is 2. The van der Waals surface area contributed by atoms with Gasteiger partial charge in [0.05, 0.1) is 11.5 Å². The van der Waals surface area contributed by atoms with Gasteiger partial charge in [-0.25, -0.2) is 0 Å². The molecule has 0 amide bonds. The topological polar surface area (TPSA) is 98.0 Å². The molecule has 22 heavy (non-hydrogen) atoms. The number of ketones is 1. The molecule has 0 aromatic heterocycles. The lowest BCUT2D eigenvalue weighted by Gasteiger charge is -2.14. The molecule has 0 radical (unpaired) electrons. The number of carbonyl (C=O) groups excluding carboxylic acids is 1. The van der Waals surface area contributed by atoms with E-state index in [0.717, 1.165) is 0 Å². The van der Waals surface area contributed by atoms with E-state index in [0.29, 0.717) is 11.1 Å². The summed E-state index contributed by atoms with van der Waals surface area (Å²) in [5.41, 5.74) is 0.988. The summed E-state index contributed by atoms with van der Waals surface area (Å²) >= 11 is 0. The molecule has 0 aliphatic heterocycles. The largest absolute Gasteiger partial charge is 0.509 e. The standard InChI is InChI=1S/C17H14O5/c18-11-5-1-9(2-6-11)13-15(20)14(17(22)16(13)21)10-3-7-12(19)8-4-10/h1-8,13,16,18-19,21-22H/t13-,16-/m1/s1. The van der Waals surface area contributed by atoms with Crippen LogP contribution in [0.4, 0.5) is 0 Å². The van der Waals surface area contributed by atoms with E-state index in [4.69, 9.17) is 0 Å². The highest BCUT2D eigenvalue weighted by atomic mass is 16.3. The summed E-state index contributed by atoms with van der Waals surface area (Å²) in [7, 11) is 0. The van der Waals surface area contributed by atoms with E-state index in [1.165, 1.54) is 48.5 Å². The van der Waals surface area contributed by atoms with Gasteiger partial charge in [0, 0.05) is 0 Å². The molecule has 112 valence electrons. The molecule has 1 aliphatic rings. The summed E-state index contributed by atoms with van der Waals surface area (Å²) in [6, 6.07) is 11.7. The Balaban J connectivity index is 2.01. The minimum absolute atomic E-state index is 0.0462. The second kappa shape index (κ2) is 5.20. The van der Waals surface area contributed by atoms with Crippen molar-refractivity contribution in [2.75, 3.05) is 0 Å². The number of benzene rings is 2. The van der Waals surface area contributed by atoms with E-state index in [9.17, 15) is 25.2 Å². The van der Waals surface area contributed by atoms with E-state index in [1.807, 2.05) is 0 Å². The second-order valence-corrected chi connectivity index (χ2v) is 5.19. The van der Waals surface area contributed by atoms with E-state index < -0.39 is 17.8 Å². The average Bonchev–Trinajstić information content (AvgIpc) is 2.72. The van der Waals surface area contributed by atoms with Gasteiger partial charge in [0.25, 0.3) is 0 Å². The first-order valence-corrected chi connectivity index (χ1v) is 6.73. The van der Waals surface area contributed by atoms with Gasteiger partial charge >= 0.3 is 0 Å². The van der Waals surface area contributed by atoms with Crippen LogP contribution in [0.15, 0.2) is 54.3 Å². The minimum atomic E-state index is -1.33. The van der Waals surface area contributed by atoms with Crippen molar-refractivity contribution in [3.63, 3.8) is 0 Å². The van der Waals surface area contributed by atoms with Gasteiger partial charge in [0.15, 0.2) is 5.78 Å². The summed E-state index contributed by atoms with van der Waals surface area (Å²) in [5, 5.41) is 38.9. The van der Waals surface area contributed by atoms with Crippen molar-refractivity contribution in [2.24, 2.45) is 0 Å². The van der Waals surface area contributed by atoms with Crippen molar-refractivity contribution in [3.8, 4) is 11.5 Å². The van der Waals surface area contributed by atoms with Crippen LogP contribution in [0.5, 0.6) is 11.5 Å². The second-order valence-electron chi connectivity index (χ2n) is 5.19. The predicted molar refractivity (Wildman–Crippen MR) is 79.5 cm³/mol. The lowest BCUT2D eigenvalue weighted by Crippen LogP contribution is -2.20. The molecule has 5 heteroatoms. The number of allylic oxidation sites excluding steroid dienone is 1. The van der Waals surface area contributed by atoms with Crippen LogP contribution in [-0.2, 0) is 4.79 Å². The number of Topliss-reactive ketones (excluding diaryl/α,β-unsaturated/α-hetero) is 1. The van der Waals surface area contributed by atoms with Gasteiger partial charge in [-0.3, -0.25) is 4.79 Å². The smallest absolute Gasteiger partial charge is 0.177 e. The van der Waals surface area contributed by atoms with Crippen LogP contribution in [0, 0.1) is 0 Å². The van der Waals surface area contributed by atoms with Gasteiger partial charge < -0.3 is 20.4 Å². The third-order valence-electron chi connectivity index (χ3n) is 3.79. The molecule has 0 bridgehead atoms. The van der Waals surface area contributed by atoms with Crippen molar-refractivity contribution >= 4 is 11.4 Å². The molecule has 4 N–H and O–H groups in total. The molecular formula is C17H14O5. The fourth-order valence-corrected chi connectivity index (χ4v) is 2.66. The zero-order valence-electron chi connectivity index (χ0n) is 11.5. The van der Waals surface area contributed by atoms with Crippen molar-refractivity contribution < 1.29 is 25.2 Å². The van der Waals surface area contributed by atoms with Gasteiger partial charge in [-0.15, -0.1) is 0 Å². The molecule has 5 nitrogen and oxygen atoms in total. The molecule has 2 aromatic carbocycles. The monoisotopic (exact) mass is 298 g/mol. The Labute approximate surface area is 126 Å². The van der Waals surface area contributed by atoms with Crippen molar-refractivity contribution in [2.45, 2.75) is 12.0 Å². The number of aliphatic hydroxyl groups is 2. The summed E-state index contributed by atoms with van der Waals surface area (Å²) < 4.78 is 0. The Bertz CT molecular complexity index is 744. The third kappa shape index (κ3) is 2.21. The maximum Gasteiger partial charge on any atom is 0.177 e. The molecule has 0 unspecified atom stereocenters. The predicted octanol–water partition coefficient (Wildman–Crippen LogP) is 2.09. The Hall–Kier alpha value is -2.79. The fraction of sp³-hybridized carbons (Fsp3) is 0.118. The van der Waals surface area contributed by atoms with Gasteiger partial charge in [-0.1, -0.05) is 24.3 Å². The van der Waals surface area contributed by atoms with Crippen LogP contribution in [0.1, 0.15) is 17.0 Å². The quantitative estimate of drug-likeness (QED) is 0.680. The maximum atomic E-state index is 12.6. The number of phenolic OH excluding ortho intramolecular Hbond substituents is 2. The molecule has 2 aromatic rings. The molecule has 3 rings (SSSR count). The van der Waals surface area contributed by atoms with Crippen LogP contribution in [0.2, 0.25) is 0 Å². The number of aromatic hydroxyl groups is 2. The molecule has 1 aliphatic carbocycles. The van der Waals surface area contributed by atoms with Crippen LogP contribution >= 0.6 is 0 Å². The Kier molecular flexibility index (Phi) is 3.35. The summed E-state index contributed by atoms with van der Waals surface area (Å²) in [5.74, 6) is -1.59. The number of phenols is 2. The normalized spacial score (nSPS) is 21.4. The molecule has 0 heterocycles. The molecule has 0 saturated carbocycles. The molecule has 0 spiro atoms. The van der Waals surface area contributed by atoms with Gasteiger partial charge in [0.1, 0.15) is 23.4 Å². The van der Waals surface area contributed by atoms with Gasteiger partial charge in [0.2, 0.25) is 0 Å². The number of carbonyl (C=O) groups is 1. The lowest BCUT2D eigenvalue weighted by molar-refractivity contribution is -0.115. The van der Waals surface area contributed by atoms with Crippen LogP contribution in [0.25, 0.3) is 5.57 Å². The van der Waals surface area contributed by atoms with Gasteiger partial charge in [-0.05, 0) is 35.4 Å². The van der Waals surface area contributed by atoms with Gasteiger partial charge in [-0.2, -0.15) is 0 Å². The number of rotatable bonds is 2. The Morgan fingerprint density at radius 2 is 1.27 bits per heavy atom. The Morgan fingerprint density at radius 1 is 0.773 bits per heavy atom. The minimum Gasteiger partial charge on any atom is -0.509 e. The Morgan fingerprint density at radius 3 is 1.82 bits per heavy atom. The highest BCUT2D eigenvalue weighted by molar-refractivity contribution is 6.26. The average molecular weight is 298 g/mol. The highest BCUT2D eigenvalue weighted by Crippen LogP contribution is 2.40. The van der Waals surface area contributed by atoms with Crippen molar-refractivity contribution in [1.29, 1.82) is 0 Å². The fourth-order valence-electron chi connectivity index (χ4n) is 2.66. The number of hydrogen-bond acceptors (Lipinski definition) is 5. The van der Waals surface area contributed by atoms with Crippen molar-refractivity contribution in [3.05, 3.63) is 65.4 Å². The van der Waals surface area contributed by atoms with E-state index in [-0.39, 0.29) is 22.8 Å². The van der Waals surface area contributed by atoms with E-state index >= 15 is 0 Å². The lowest BCUT2D eigenvalue weighted by atomic mass is 9.91. The van der Waals surface area contributed by atoms with Crippen LogP contribution < -0.4 is 0 Å². The zero-order valence-corrected chi connectivity index (χ0v) is 11.5. The molecule has 2 atom stereocenters. The van der Waals surface area contributed by atoms with E-state index in [1.54, 1.807) is 0 Å². The summed E-state index contributed by atoms with van der Waals surface area (Å²) in [4.78, 5) is 12.6. The third-order valence-corrected chi connectivity index (χ3v) is 3.79. The first kappa shape index (κ1) is 14.2. The first-order chi connectivity index (χ1) is 10.5. The first-order valence-electron chi connectivity index (χ1n) is 6.73. The summed E-state index contributed by atoms with van der Waals surface area (Å²) in [6.07, 6.45) is -1.33. The highest BCUT2D eigenvalue weighted by Gasteiger charge is 2.42.